The molecule has 0 amide bonds. The summed E-state index contributed by atoms with van der Waals surface area (Å²) in [6.07, 6.45) is 0. The fraction of sp³-hybridized carbons (Fsp3) is 0.696. The van der Waals surface area contributed by atoms with E-state index in [1.54, 1.807) is 0 Å². The van der Waals surface area contributed by atoms with E-state index in [4.69, 9.17) is 4.99 Å². The molecule has 0 spiro atoms. The second-order valence-corrected chi connectivity index (χ2v) is 8.75. The molecule has 0 radical (unpaired) electrons. The maximum Gasteiger partial charge on any atom is 0.191 e. The summed E-state index contributed by atoms with van der Waals surface area (Å²) in [5.41, 5.74) is 2.66. The number of nitrogens with zero attached hydrogens (tertiary/aromatic N) is 3. The van der Waals surface area contributed by atoms with Gasteiger partial charge in [-0.25, -0.2) is 4.99 Å². The number of rotatable bonds is 8. The van der Waals surface area contributed by atoms with Crippen molar-refractivity contribution in [3.63, 3.8) is 0 Å². The Hall–Kier alpha value is -1.59. The molecule has 5 heteroatoms. The first-order chi connectivity index (χ1) is 13.3. The molecule has 2 atom stereocenters. The molecule has 2 unspecified atom stereocenters. The SMILES string of the molecule is CCNC(=NCc1ccccc1CN(C)C(C)C)NC1CN(C(C)C)CC1C. The summed E-state index contributed by atoms with van der Waals surface area (Å²) in [5, 5.41) is 7.12. The predicted octanol–water partition coefficient (Wildman–Crippen LogP) is 3.31. The Morgan fingerprint density at radius 2 is 1.86 bits per heavy atom. The van der Waals surface area contributed by atoms with Gasteiger partial charge in [-0.15, -0.1) is 0 Å². The van der Waals surface area contributed by atoms with Gasteiger partial charge in [0.2, 0.25) is 0 Å². The van der Waals surface area contributed by atoms with E-state index in [0.29, 0.717) is 30.6 Å². The molecule has 2 N–H and O–H groups in total. The lowest BCUT2D eigenvalue weighted by molar-refractivity contribution is 0.265. The Morgan fingerprint density at radius 3 is 2.43 bits per heavy atom. The number of guanidine groups is 1. The maximum absolute atomic E-state index is 4.92. The molecule has 0 saturated carbocycles. The largest absolute Gasteiger partial charge is 0.357 e. The molecule has 28 heavy (non-hydrogen) atoms. The average molecular weight is 388 g/mol. The van der Waals surface area contributed by atoms with Crippen LogP contribution >= 0.6 is 0 Å². The van der Waals surface area contributed by atoms with Gasteiger partial charge in [-0.3, -0.25) is 9.80 Å². The van der Waals surface area contributed by atoms with Crippen LogP contribution in [0.15, 0.2) is 29.3 Å². The quantitative estimate of drug-likeness (QED) is 0.530. The van der Waals surface area contributed by atoms with Gasteiger partial charge in [0.1, 0.15) is 0 Å². The van der Waals surface area contributed by atoms with Crippen molar-refractivity contribution in [2.24, 2.45) is 10.9 Å². The molecule has 5 nitrogen and oxygen atoms in total. The van der Waals surface area contributed by atoms with Crippen molar-refractivity contribution in [1.29, 1.82) is 0 Å². The first-order valence-corrected chi connectivity index (χ1v) is 10.9. The zero-order valence-corrected chi connectivity index (χ0v) is 19.0. The highest BCUT2D eigenvalue weighted by molar-refractivity contribution is 5.80. The maximum atomic E-state index is 4.92. The summed E-state index contributed by atoms with van der Waals surface area (Å²) in [5.74, 6) is 1.55. The van der Waals surface area contributed by atoms with E-state index >= 15 is 0 Å². The summed E-state index contributed by atoms with van der Waals surface area (Å²) in [6, 6.07) is 10.2. The zero-order chi connectivity index (χ0) is 20.7. The van der Waals surface area contributed by atoms with E-state index in [1.807, 2.05) is 0 Å². The minimum absolute atomic E-state index is 0.447. The molecule has 0 bridgehead atoms. The van der Waals surface area contributed by atoms with Crippen molar-refractivity contribution in [2.45, 2.75) is 72.8 Å². The van der Waals surface area contributed by atoms with Crippen LogP contribution < -0.4 is 10.6 Å². The minimum atomic E-state index is 0.447. The summed E-state index contributed by atoms with van der Waals surface area (Å²) < 4.78 is 0. The number of hydrogen-bond acceptors (Lipinski definition) is 3. The highest BCUT2D eigenvalue weighted by atomic mass is 15.3. The second-order valence-electron chi connectivity index (χ2n) is 8.75. The summed E-state index contributed by atoms with van der Waals surface area (Å²) in [4.78, 5) is 9.83. The van der Waals surface area contributed by atoms with Crippen LogP contribution in [0, 0.1) is 5.92 Å². The third kappa shape index (κ3) is 6.49. The lowest BCUT2D eigenvalue weighted by atomic mass is 10.1. The molecule has 158 valence electrons. The molecule has 0 aliphatic carbocycles. The highest BCUT2D eigenvalue weighted by Crippen LogP contribution is 2.19. The Bertz CT molecular complexity index is 625. The zero-order valence-electron chi connectivity index (χ0n) is 19.0. The number of benzene rings is 1. The van der Waals surface area contributed by atoms with E-state index in [2.05, 4.69) is 93.3 Å². The summed E-state index contributed by atoms with van der Waals surface area (Å²) >= 11 is 0. The second kappa shape index (κ2) is 10.8. The van der Waals surface area contributed by atoms with Crippen molar-refractivity contribution in [1.82, 2.24) is 20.4 Å². The normalized spacial score (nSPS) is 21.1. The predicted molar refractivity (Wildman–Crippen MR) is 121 cm³/mol. The Balaban J connectivity index is 2.07. The van der Waals surface area contributed by atoms with Crippen molar-refractivity contribution < 1.29 is 0 Å². The third-order valence-corrected chi connectivity index (χ3v) is 5.86. The average Bonchev–Trinajstić information content (AvgIpc) is 3.01. The van der Waals surface area contributed by atoms with Crippen molar-refractivity contribution >= 4 is 5.96 Å². The van der Waals surface area contributed by atoms with Gasteiger partial charge in [-0.2, -0.15) is 0 Å². The first-order valence-electron chi connectivity index (χ1n) is 10.9. The first kappa shape index (κ1) is 22.7. The molecule has 0 aromatic heterocycles. The number of likely N-dealkylation sites (tertiary alicyclic amines) is 1. The van der Waals surface area contributed by atoms with Crippen LogP contribution in [0.25, 0.3) is 0 Å². The fourth-order valence-corrected chi connectivity index (χ4v) is 3.59. The van der Waals surface area contributed by atoms with Gasteiger partial charge in [0.15, 0.2) is 5.96 Å². The van der Waals surface area contributed by atoms with E-state index in [0.717, 1.165) is 32.1 Å². The molecule has 2 rings (SSSR count). The molecule has 1 heterocycles. The molecule has 1 saturated heterocycles. The number of aliphatic imine (C=N–C) groups is 1. The lowest BCUT2D eigenvalue weighted by Gasteiger charge is -2.23. The summed E-state index contributed by atoms with van der Waals surface area (Å²) in [6.45, 7) is 18.2. The van der Waals surface area contributed by atoms with E-state index in [9.17, 15) is 0 Å². The summed E-state index contributed by atoms with van der Waals surface area (Å²) in [7, 11) is 2.18. The van der Waals surface area contributed by atoms with E-state index in [-0.39, 0.29) is 0 Å². The van der Waals surface area contributed by atoms with Crippen LogP contribution in [0.5, 0.6) is 0 Å². The van der Waals surface area contributed by atoms with Crippen LogP contribution in [0.3, 0.4) is 0 Å². The molecule has 1 fully saturated rings. The molecule has 1 aromatic rings. The van der Waals surface area contributed by atoms with Gasteiger partial charge < -0.3 is 10.6 Å². The molecule has 1 aromatic carbocycles. The van der Waals surface area contributed by atoms with Crippen molar-refractivity contribution in [2.75, 3.05) is 26.7 Å². The molecule has 1 aliphatic rings. The van der Waals surface area contributed by atoms with Gasteiger partial charge in [-0.1, -0.05) is 31.2 Å². The fourth-order valence-electron chi connectivity index (χ4n) is 3.59. The number of nitrogens with one attached hydrogen (secondary N) is 2. The van der Waals surface area contributed by atoms with Crippen LogP contribution in [0.2, 0.25) is 0 Å². The monoisotopic (exact) mass is 387 g/mol. The van der Waals surface area contributed by atoms with Gasteiger partial charge in [0, 0.05) is 44.3 Å². The van der Waals surface area contributed by atoms with Crippen LogP contribution in [0.1, 0.15) is 52.7 Å². The molecular weight excluding hydrogens is 346 g/mol. The van der Waals surface area contributed by atoms with Crippen molar-refractivity contribution in [3.8, 4) is 0 Å². The Kier molecular flexibility index (Phi) is 8.77. The third-order valence-electron chi connectivity index (χ3n) is 5.86. The number of hydrogen-bond donors (Lipinski definition) is 2. The van der Waals surface area contributed by atoms with Crippen molar-refractivity contribution in [3.05, 3.63) is 35.4 Å². The highest BCUT2D eigenvalue weighted by Gasteiger charge is 2.31. The van der Waals surface area contributed by atoms with Crippen LogP contribution in [-0.2, 0) is 13.1 Å². The van der Waals surface area contributed by atoms with Crippen LogP contribution in [-0.4, -0.2) is 60.6 Å². The lowest BCUT2D eigenvalue weighted by Crippen LogP contribution is -2.46. The standard InChI is InChI=1S/C23H41N5/c1-8-24-23(26-22-16-28(18(4)5)14-19(22)6)25-13-20-11-9-10-12-21(20)15-27(7)17(2)3/h9-12,17-19,22H,8,13-16H2,1-7H3,(H2,24,25,26). The van der Waals surface area contributed by atoms with Crippen LogP contribution in [0.4, 0.5) is 0 Å². The van der Waals surface area contributed by atoms with E-state index < -0.39 is 0 Å². The van der Waals surface area contributed by atoms with Gasteiger partial charge in [-0.05, 0) is 58.7 Å². The smallest absolute Gasteiger partial charge is 0.191 e. The molecule has 1 aliphatic heterocycles. The molecular formula is C23H41N5. The minimum Gasteiger partial charge on any atom is -0.357 e. The Labute approximate surface area is 172 Å². The van der Waals surface area contributed by atoms with E-state index in [1.165, 1.54) is 11.1 Å². The van der Waals surface area contributed by atoms with Gasteiger partial charge in [0.25, 0.3) is 0 Å². The Morgan fingerprint density at radius 1 is 1.18 bits per heavy atom. The van der Waals surface area contributed by atoms with Gasteiger partial charge in [0.05, 0.1) is 6.54 Å². The topological polar surface area (TPSA) is 42.9 Å². The van der Waals surface area contributed by atoms with Gasteiger partial charge >= 0.3 is 0 Å².